The summed E-state index contributed by atoms with van der Waals surface area (Å²) < 4.78 is 32.0. The van der Waals surface area contributed by atoms with E-state index in [0.29, 0.717) is 104 Å². The molecule has 0 aromatic carbocycles. The minimum atomic E-state index is -0.975. The van der Waals surface area contributed by atoms with E-state index in [2.05, 4.69) is 47.9 Å². The lowest BCUT2D eigenvalue weighted by atomic mass is 10.1. The van der Waals surface area contributed by atoms with Gasteiger partial charge in [-0.25, -0.2) is 0 Å². The van der Waals surface area contributed by atoms with E-state index < -0.39 is 35.8 Å². The first-order valence-corrected chi connectivity index (χ1v) is 25.8. The number of likely N-dealkylation sites (N-methyl/N-ethyl adjacent to an activating group) is 1. The van der Waals surface area contributed by atoms with E-state index >= 15 is 0 Å². The molecule has 3 atom stereocenters. The summed E-state index contributed by atoms with van der Waals surface area (Å²) in [7, 11) is 1.83. The summed E-state index contributed by atoms with van der Waals surface area (Å²) in [5.41, 5.74) is 10.9. The van der Waals surface area contributed by atoms with Gasteiger partial charge in [0.15, 0.2) is 0 Å². The summed E-state index contributed by atoms with van der Waals surface area (Å²) in [6.07, 6.45) is 4.83. The van der Waals surface area contributed by atoms with Crippen molar-refractivity contribution in [2.24, 2.45) is 11.5 Å². The number of primary amides is 2. The van der Waals surface area contributed by atoms with Gasteiger partial charge in [-0.15, -0.1) is 0 Å². The second-order valence-electron chi connectivity index (χ2n) is 17.3. The number of Topliss-reactive ketones (excluding diaryl/α,β-unsaturated/α-hetero) is 2. The molecule has 0 aromatic rings. The van der Waals surface area contributed by atoms with Crippen molar-refractivity contribution in [3.63, 3.8) is 0 Å². The van der Waals surface area contributed by atoms with Gasteiger partial charge >= 0.3 is 0 Å². The van der Waals surface area contributed by atoms with Crippen LogP contribution in [0, 0.1) is 0 Å². The number of ketones is 2. The van der Waals surface area contributed by atoms with Crippen LogP contribution in [0.3, 0.4) is 0 Å². The molecule has 8 amide bonds. The van der Waals surface area contributed by atoms with Crippen molar-refractivity contribution in [1.29, 1.82) is 0 Å². The molecule has 0 unspecified atom stereocenters. The highest BCUT2D eigenvalue weighted by atomic mass is 16.5. The van der Waals surface area contributed by atoms with Crippen molar-refractivity contribution >= 4 is 58.8 Å². The molecule has 0 aliphatic rings. The minimum absolute atomic E-state index is 0.0633. The molecule has 0 aliphatic heterocycles. The quantitative estimate of drug-likeness (QED) is 0.0260. The predicted molar refractivity (Wildman–Crippen MR) is 275 cm³/mol. The fourth-order valence-electron chi connectivity index (χ4n) is 6.46. The monoisotopic (exact) mass is 1080 g/mol. The summed E-state index contributed by atoms with van der Waals surface area (Å²) in [6, 6.07) is -2.38. The maximum Gasteiger partial charge on any atom is 0.246 e. The van der Waals surface area contributed by atoms with Crippen LogP contribution in [0.2, 0.25) is 0 Å². The van der Waals surface area contributed by atoms with Crippen molar-refractivity contribution < 1.29 is 76.4 Å². The van der Waals surface area contributed by atoms with Crippen LogP contribution in [0.4, 0.5) is 0 Å². The number of amides is 8. The molecule has 13 N–H and O–H groups in total. The maximum absolute atomic E-state index is 13.2. The van der Waals surface area contributed by atoms with E-state index in [-0.39, 0.29) is 139 Å². The van der Waals surface area contributed by atoms with Crippen LogP contribution in [0.15, 0.2) is 0 Å². The van der Waals surface area contributed by atoms with Gasteiger partial charge in [0, 0.05) is 52.1 Å². The van der Waals surface area contributed by atoms with Gasteiger partial charge in [0.25, 0.3) is 0 Å². The van der Waals surface area contributed by atoms with Gasteiger partial charge in [-0.05, 0) is 85.1 Å². The molecule has 27 heteroatoms. The fourth-order valence-corrected chi connectivity index (χ4v) is 6.46. The Kier molecular flexibility index (Phi) is 45.0. The van der Waals surface area contributed by atoms with Crippen LogP contribution in [0.25, 0.3) is 0 Å². The van der Waals surface area contributed by atoms with Crippen LogP contribution in [0.5, 0.6) is 0 Å². The number of carbonyl (C=O) groups is 10. The Hall–Kier alpha value is -5.26. The number of hydrogen-bond donors (Lipinski definition) is 11. The zero-order valence-electron chi connectivity index (χ0n) is 44.5. The highest BCUT2D eigenvalue weighted by molar-refractivity contribution is 5.89. The van der Waals surface area contributed by atoms with E-state index in [1.165, 1.54) is 13.8 Å². The number of nitrogens with one attached hydrogen (secondary N) is 9. The summed E-state index contributed by atoms with van der Waals surface area (Å²) in [4.78, 5) is 120. The molecular weight excluding hydrogens is 987 g/mol. The molecular formula is C48H89N11O16. The van der Waals surface area contributed by atoms with Crippen LogP contribution < -0.4 is 59.3 Å². The Morgan fingerprint density at radius 3 is 1.15 bits per heavy atom. The summed E-state index contributed by atoms with van der Waals surface area (Å²) in [6.45, 7) is 7.28. The molecule has 0 saturated heterocycles. The van der Waals surface area contributed by atoms with E-state index in [0.717, 1.165) is 6.54 Å². The molecule has 0 spiro atoms. The van der Waals surface area contributed by atoms with Gasteiger partial charge in [0.05, 0.1) is 84.6 Å². The first kappa shape index (κ1) is 69.7. The number of hydrogen-bond acceptors (Lipinski definition) is 19. The number of rotatable bonds is 53. The van der Waals surface area contributed by atoms with Gasteiger partial charge in [0.2, 0.25) is 47.3 Å². The second kappa shape index (κ2) is 48.4. The molecule has 0 aromatic heterocycles. The first-order chi connectivity index (χ1) is 36.0. The normalized spacial score (nSPS) is 12.2. The average Bonchev–Trinajstić information content (AvgIpc) is 3.35. The van der Waals surface area contributed by atoms with Crippen LogP contribution >= 0.6 is 0 Å². The van der Waals surface area contributed by atoms with Gasteiger partial charge in [0.1, 0.15) is 37.4 Å². The van der Waals surface area contributed by atoms with E-state index in [4.69, 9.17) is 39.9 Å². The Morgan fingerprint density at radius 1 is 0.387 bits per heavy atom. The third kappa shape index (κ3) is 45.8. The Labute approximate surface area is 441 Å². The number of ether oxygens (including phenoxy) is 6. The zero-order chi connectivity index (χ0) is 55.7. The van der Waals surface area contributed by atoms with Crippen molar-refractivity contribution in [3.8, 4) is 0 Å². The topological polar surface area (TPSA) is 386 Å². The number of nitrogens with two attached hydrogens (primary N) is 2. The second-order valence-corrected chi connectivity index (χ2v) is 17.3. The van der Waals surface area contributed by atoms with Crippen molar-refractivity contribution in [1.82, 2.24) is 47.9 Å². The standard InChI is InChI=1S/C48H89N11O16/c1-36(60)31-57-38(46(49)67)11-4-7-17-53-43(64)33-73-29-26-71-23-20-55-42(63)15-10-14-41(62)52-16-9-6-13-40(58-32-37(2)61)48(69)59-39(47(50)68)12-5-8-18-54-44(65)34-74-30-27-72-24-21-56-45(66)35-75-28-25-70-22-19-51-3/h38-40,51,57-58H,4-35H2,1-3H3,(H2,49,67)(H2,50,68)(H,52,62)(H,53,64)(H,54,65)(H,55,63)(H,56,66)(H,59,69)/t38-,39-,40-/m0/s1. The zero-order valence-corrected chi connectivity index (χ0v) is 44.5. The Morgan fingerprint density at radius 2 is 0.733 bits per heavy atom. The maximum atomic E-state index is 13.2. The molecule has 0 rings (SSSR count). The molecule has 0 bridgehead atoms. The van der Waals surface area contributed by atoms with Crippen LogP contribution in [-0.4, -0.2) is 216 Å². The molecule has 432 valence electrons. The third-order valence-electron chi connectivity index (χ3n) is 10.5. The predicted octanol–water partition coefficient (Wildman–Crippen LogP) is -3.88. The summed E-state index contributed by atoms with van der Waals surface area (Å²) in [5, 5.41) is 25.0. The van der Waals surface area contributed by atoms with E-state index in [1.54, 1.807) is 0 Å². The smallest absolute Gasteiger partial charge is 0.246 e. The molecule has 0 heterocycles. The van der Waals surface area contributed by atoms with Crippen molar-refractivity contribution in [2.75, 3.05) is 139 Å². The minimum Gasteiger partial charge on any atom is -0.378 e. The highest BCUT2D eigenvalue weighted by Gasteiger charge is 2.24. The summed E-state index contributed by atoms with van der Waals surface area (Å²) in [5.74, 6) is -3.40. The molecule has 75 heavy (non-hydrogen) atoms. The lowest BCUT2D eigenvalue weighted by Gasteiger charge is -2.22. The molecule has 0 aliphatic carbocycles. The molecule has 0 saturated carbocycles. The van der Waals surface area contributed by atoms with Crippen molar-refractivity contribution in [2.45, 2.75) is 109 Å². The largest absolute Gasteiger partial charge is 0.378 e. The fraction of sp³-hybridized carbons (Fsp3) is 0.792. The van der Waals surface area contributed by atoms with E-state index in [1.807, 2.05) is 7.05 Å². The highest BCUT2D eigenvalue weighted by Crippen LogP contribution is 2.06. The number of carbonyl (C=O) groups excluding carboxylic acids is 10. The van der Waals surface area contributed by atoms with Gasteiger partial charge in [-0.2, -0.15) is 0 Å². The Balaban J connectivity index is 4.12. The van der Waals surface area contributed by atoms with Gasteiger partial charge < -0.3 is 77.1 Å². The van der Waals surface area contributed by atoms with Crippen molar-refractivity contribution in [3.05, 3.63) is 0 Å². The lowest BCUT2D eigenvalue weighted by molar-refractivity contribution is -0.129. The van der Waals surface area contributed by atoms with Crippen LogP contribution in [-0.2, 0) is 76.4 Å². The van der Waals surface area contributed by atoms with Gasteiger partial charge in [-0.1, -0.05) is 0 Å². The lowest BCUT2D eigenvalue weighted by Crippen LogP contribution is -2.52. The van der Waals surface area contributed by atoms with E-state index in [9.17, 15) is 47.9 Å². The summed E-state index contributed by atoms with van der Waals surface area (Å²) >= 11 is 0. The number of unbranched alkanes of at least 4 members (excludes halogenated alkanes) is 3. The third-order valence-corrected chi connectivity index (χ3v) is 10.5. The molecule has 27 nitrogen and oxygen atoms in total. The first-order valence-electron chi connectivity index (χ1n) is 25.8. The SMILES string of the molecule is CNCCOCCOCC(=O)NCCOCCOCC(=O)NCCCC[C@H](NC(=O)[C@H](CCCCNC(=O)CCCC(=O)NCCOCCOCC(=O)NCCCC[C@H](NCC(C)=O)C(N)=O)NCC(C)=O)C(N)=O. The van der Waals surface area contributed by atoms with Crippen LogP contribution in [0.1, 0.15) is 90.9 Å². The Bertz CT molecular complexity index is 1650. The molecule has 0 radical (unpaired) electrons. The molecule has 0 fully saturated rings. The van der Waals surface area contributed by atoms with Gasteiger partial charge in [-0.3, -0.25) is 58.6 Å². The average molecular weight is 1080 g/mol.